The van der Waals surface area contributed by atoms with Crippen molar-refractivity contribution in [3.05, 3.63) is 53.1 Å². The minimum Gasteiger partial charge on any atom is -0.495 e. The number of carbonyl (C=O) groups excluding carboxylic acids is 2. The molecule has 0 fully saturated rings. The molecule has 0 aromatic heterocycles. The molecule has 0 atom stereocenters. The van der Waals surface area contributed by atoms with Crippen LogP contribution in [-0.2, 0) is 17.7 Å². The quantitative estimate of drug-likeness (QED) is 0.750. The zero-order valence-electron chi connectivity index (χ0n) is 18.2. The minimum atomic E-state index is -0.515. The molecule has 1 aliphatic heterocycles. The summed E-state index contributed by atoms with van der Waals surface area (Å²) in [6.07, 6.45) is 0.402. The van der Waals surface area contributed by atoms with Crippen molar-refractivity contribution < 1.29 is 19.1 Å². The van der Waals surface area contributed by atoms with Crippen molar-refractivity contribution in [2.24, 2.45) is 0 Å². The second kappa shape index (κ2) is 8.65. The van der Waals surface area contributed by atoms with Crippen molar-refractivity contribution in [3.8, 4) is 5.75 Å². The molecule has 0 saturated heterocycles. The molecule has 2 aromatic rings. The van der Waals surface area contributed by atoms with E-state index in [2.05, 4.69) is 10.6 Å². The lowest BCUT2D eigenvalue weighted by atomic mass is 9.99. The first-order valence-corrected chi connectivity index (χ1v) is 9.97. The highest BCUT2D eigenvalue weighted by Crippen LogP contribution is 2.27. The van der Waals surface area contributed by atoms with Crippen LogP contribution in [0.3, 0.4) is 0 Å². The van der Waals surface area contributed by atoms with Crippen molar-refractivity contribution in [1.82, 2.24) is 4.90 Å². The number of urea groups is 1. The Morgan fingerprint density at radius 1 is 1.03 bits per heavy atom. The molecular formula is C23H29N3O4. The van der Waals surface area contributed by atoms with Crippen LogP contribution >= 0.6 is 0 Å². The Morgan fingerprint density at radius 2 is 1.80 bits per heavy atom. The molecule has 1 aliphatic rings. The predicted octanol–water partition coefficient (Wildman–Crippen LogP) is 4.94. The summed E-state index contributed by atoms with van der Waals surface area (Å²) in [4.78, 5) is 26.5. The van der Waals surface area contributed by atoms with Crippen molar-refractivity contribution in [2.45, 2.75) is 46.3 Å². The van der Waals surface area contributed by atoms with Gasteiger partial charge in [-0.3, -0.25) is 0 Å². The number of carbonyl (C=O) groups is 2. The lowest BCUT2D eigenvalue weighted by Crippen LogP contribution is -2.39. The maximum Gasteiger partial charge on any atom is 0.410 e. The summed E-state index contributed by atoms with van der Waals surface area (Å²) >= 11 is 0. The highest BCUT2D eigenvalue weighted by atomic mass is 16.6. The standard InChI is InChI=1S/C23H29N3O4/c1-15-6-9-20(29-5)19(12-15)25-21(27)24-18-8-7-17-14-26(11-10-16(17)13-18)22(28)30-23(2,3)4/h6-9,12-13H,10-11,14H2,1-5H3,(H2,24,25,27). The summed E-state index contributed by atoms with van der Waals surface area (Å²) in [5.74, 6) is 0.600. The lowest BCUT2D eigenvalue weighted by molar-refractivity contribution is 0.0224. The highest BCUT2D eigenvalue weighted by Gasteiger charge is 2.25. The van der Waals surface area contributed by atoms with Gasteiger partial charge in [0, 0.05) is 18.8 Å². The van der Waals surface area contributed by atoms with E-state index >= 15 is 0 Å². The van der Waals surface area contributed by atoms with Gasteiger partial charge in [-0.1, -0.05) is 12.1 Å². The van der Waals surface area contributed by atoms with Gasteiger partial charge in [0.15, 0.2) is 0 Å². The van der Waals surface area contributed by atoms with Crippen LogP contribution in [0.15, 0.2) is 36.4 Å². The van der Waals surface area contributed by atoms with Crippen molar-refractivity contribution in [2.75, 3.05) is 24.3 Å². The van der Waals surface area contributed by atoms with Crippen molar-refractivity contribution in [1.29, 1.82) is 0 Å². The lowest BCUT2D eigenvalue weighted by Gasteiger charge is -2.31. The van der Waals surface area contributed by atoms with Gasteiger partial charge in [-0.2, -0.15) is 0 Å². The van der Waals surface area contributed by atoms with Gasteiger partial charge in [0.25, 0.3) is 0 Å². The van der Waals surface area contributed by atoms with Crippen LogP contribution in [0.5, 0.6) is 5.75 Å². The van der Waals surface area contributed by atoms with E-state index in [1.165, 1.54) is 0 Å². The number of aryl methyl sites for hydroxylation is 1. The minimum absolute atomic E-state index is 0.304. The number of hydrogen-bond donors (Lipinski definition) is 2. The smallest absolute Gasteiger partial charge is 0.410 e. The van der Waals surface area contributed by atoms with Gasteiger partial charge in [0.1, 0.15) is 11.4 Å². The molecular weight excluding hydrogens is 382 g/mol. The Morgan fingerprint density at radius 3 is 2.50 bits per heavy atom. The van der Waals surface area contributed by atoms with Crippen LogP contribution in [0.25, 0.3) is 0 Å². The van der Waals surface area contributed by atoms with E-state index in [9.17, 15) is 9.59 Å². The molecule has 0 saturated carbocycles. The number of hydrogen-bond acceptors (Lipinski definition) is 4. The summed E-state index contributed by atoms with van der Waals surface area (Å²) in [6.45, 7) is 8.61. The molecule has 7 heteroatoms. The fourth-order valence-corrected chi connectivity index (χ4v) is 3.32. The molecule has 7 nitrogen and oxygen atoms in total. The average Bonchev–Trinajstić information content (AvgIpc) is 2.66. The van der Waals surface area contributed by atoms with E-state index in [0.717, 1.165) is 16.7 Å². The van der Waals surface area contributed by atoms with Crippen LogP contribution in [0, 0.1) is 6.92 Å². The maximum atomic E-state index is 12.5. The highest BCUT2D eigenvalue weighted by molar-refractivity contribution is 6.00. The van der Waals surface area contributed by atoms with Crippen LogP contribution in [0.4, 0.5) is 21.0 Å². The summed E-state index contributed by atoms with van der Waals surface area (Å²) in [6, 6.07) is 11.0. The van der Waals surface area contributed by atoms with E-state index < -0.39 is 5.60 Å². The average molecular weight is 412 g/mol. The Kier molecular flexibility index (Phi) is 6.20. The van der Waals surface area contributed by atoms with E-state index in [-0.39, 0.29) is 12.1 Å². The zero-order valence-corrected chi connectivity index (χ0v) is 18.2. The molecule has 30 heavy (non-hydrogen) atoms. The van der Waals surface area contributed by atoms with Gasteiger partial charge in [-0.15, -0.1) is 0 Å². The molecule has 1 heterocycles. The molecule has 2 aromatic carbocycles. The number of methoxy groups -OCH3 is 1. The van der Waals surface area contributed by atoms with Crippen LogP contribution in [0.2, 0.25) is 0 Å². The molecule has 0 spiro atoms. The first kappa shape index (κ1) is 21.5. The SMILES string of the molecule is COc1ccc(C)cc1NC(=O)Nc1ccc2c(c1)CCN(C(=O)OC(C)(C)C)C2. The third kappa shape index (κ3) is 5.43. The topological polar surface area (TPSA) is 79.9 Å². The Bertz CT molecular complexity index is 950. The number of benzene rings is 2. The Labute approximate surface area is 177 Å². The van der Waals surface area contributed by atoms with Crippen LogP contribution < -0.4 is 15.4 Å². The van der Waals surface area contributed by atoms with Gasteiger partial charge in [-0.25, -0.2) is 9.59 Å². The van der Waals surface area contributed by atoms with Crippen LogP contribution in [-0.4, -0.2) is 36.3 Å². The fourth-order valence-electron chi connectivity index (χ4n) is 3.32. The van der Waals surface area contributed by atoms with E-state index in [4.69, 9.17) is 9.47 Å². The van der Waals surface area contributed by atoms with Crippen LogP contribution in [0.1, 0.15) is 37.5 Å². The van der Waals surface area contributed by atoms with Gasteiger partial charge >= 0.3 is 12.1 Å². The van der Waals surface area contributed by atoms with E-state index in [0.29, 0.717) is 36.6 Å². The van der Waals surface area contributed by atoms with Crippen molar-refractivity contribution >= 4 is 23.5 Å². The number of nitrogens with one attached hydrogen (secondary N) is 2. The third-order valence-electron chi connectivity index (χ3n) is 4.73. The second-order valence-corrected chi connectivity index (χ2v) is 8.42. The van der Waals surface area contributed by atoms with Gasteiger partial charge in [-0.05, 0) is 75.1 Å². The third-order valence-corrected chi connectivity index (χ3v) is 4.73. The molecule has 0 unspecified atom stereocenters. The molecule has 3 rings (SSSR count). The number of anilines is 2. The molecule has 0 aliphatic carbocycles. The van der Waals surface area contributed by atoms with Gasteiger partial charge < -0.3 is 25.0 Å². The van der Waals surface area contributed by atoms with E-state index in [1.807, 2.05) is 64.1 Å². The number of ether oxygens (including phenoxy) is 2. The number of nitrogens with zero attached hydrogens (tertiary/aromatic N) is 1. The molecule has 160 valence electrons. The molecule has 0 radical (unpaired) electrons. The summed E-state index contributed by atoms with van der Waals surface area (Å²) < 4.78 is 10.8. The summed E-state index contributed by atoms with van der Waals surface area (Å²) in [7, 11) is 1.57. The summed E-state index contributed by atoms with van der Waals surface area (Å²) in [5, 5.41) is 5.70. The number of fused-ring (bicyclic) bond motifs is 1. The molecule has 2 N–H and O–H groups in total. The van der Waals surface area contributed by atoms with Gasteiger partial charge in [0.2, 0.25) is 0 Å². The first-order chi connectivity index (χ1) is 14.1. The Balaban J connectivity index is 1.64. The number of amides is 3. The predicted molar refractivity (Wildman–Crippen MR) is 117 cm³/mol. The van der Waals surface area contributed by atoms with Crippen molar-refractivity contribution in [3.63, 3.8) is 0 Å². The molecule has 0 bridgehead atoms. The monoisotopic (exact) mass is 411 g/mol. The largest absolute Gasteiger partial charge is 0.495 e. The fraction of sp³-hybridized carbons (Fsp3) is 0.391. The molecule has 3 amide bonds. The summed E-state index contributed by atoms with van der Waals surface area (Å²) in [5.41, 5.74) is 3.98. The second-order valence-electron chi connectivity index (χ2n) is 8.42. The Hall–Kier alpha value is -3.22. The maximum absolute atomic E-state index is 12.5. The first-order valence-electron chi connectivity index (χ1n) is 9.97. The van der Waals surface area contributed by atoms with E-state index in [1.54, 1.807) is 12.0 Å². The van der Waals surface area contributed by atoms with Gasteiger partial charge in [0.05, 0.1) is 12.8 Å². The zero-order chi connectivity index (χ0) is 21.9. The number of rotatable bonds is 3. The normalized spacial score (nSPS) is 13.3.